The van der Waals surface area contributed by atoms with Crippen LogP contribution in [0.1, 0.15) is 54.2 Å². The van der Waals surface area contributed by atoms with Crippen molar-refractivity contribution in [2.75, 3.05) is 0 Å². The number of hydrogen-bond donors (Lipinski definition) is 3. The van der Waals surface area contributed by atoms with E-state index >= 15 is 0 Å². The molecule has 0 aliphatic heterocycles. The van der Waals surface area contributed by atoms with Crippen LogP contribution < -0.4 is 0 Å². The van der Waals surface area contributed by atoms with E-state index in [0.29, 0.717) is 0 Å². The van der Waals surface area contributed by atoms with E-state index in [2.05, 4.69) is 0 Å². The van der Waals surface area contributed by atoms with Gasteiger partial charge < -0.3 is 15.3 Å². The Kier molecular flexibility index (Phi) is 3.24. The zero-order valence-electron chi connectivity index (χ0n) is 13.3. The Morgan fingerprint density at radius 2 is 1.62 bits per heavy atom. The number of carboxylic acids is 1. The second kappa shape index (κ2) is 5.26. The van der Waals surface area contributed by atoms with Gasteiger partial charge in [0.15, 0.2) is 11.6 Å². The van der Waals surface area contributed by atoms with Gasteiger partial charge in [0.2, 0.25) is 5.78 Å². The topological polar surface area (TPSA) is 129 Å². The lowest BCUT2D eigenvalue weighted by atomic mass is 9.74. The summed E-state index contributed by atoms with van der Waals surface area (Å²) in [6, 6.07) is 5.19. The van der Waals surface area contributed by atoms with Crippen molar-refractivity contribution in [2.24, 2.45) is 5.92 Å². The fraction of sp³-hybridized carbons (Fsp3) is 0.158. The van der Waals surface area contributed by atoms with Crippen LogP contribution in [0.15, 0.2) is 24.3 Å². The summed E-state index contributed by atoms with van der Waals surface area (Å²) in [4.78, 5) is 49.5. The van der Waals surface area contributed by atoms with Gasteiger partial charge in [0, 0.05) is 23.1 Å². The molecule has 0 radical (unpaired) electrons. The molecule has 7 heteroatoms. The highest BCUT2D eigenvalue weighted by Gasteiger charge is 2.41. The maximum atomic E-state index is 12.9. The summed E-state index contributed by atoms with van der Waals surface area (Å²) < 4.78 is 0. The number of carbonyl (C=O) groups excluding carboxylic acids is 3. The molecule has 0 heterocycles. The van der Waals surface area contributed by atoms with Crippen molar-refractivity contribution < 1.29 is 34.5 Å². The van der Waals surface area contributed by atoms with Crippen LogP contribution in [0, 0.1) is 5.92 Å². The highest BCUT2D eigenvalue weighted by molar-refractivity contribution is 6.32. The highest BCUT2D eigenvalue weighted by atomic mass is 16.4. The summed E-state index contributed by atoms with van der Waals surface area (Å²) >= 11 is 0. The minimum absolute atomic E-state index is 0.0114. The number of Topliss-reactive ketones (excluding diaryl/α,β-unsaturated/α-hetero) is 1. The van der Waals surface area contributed by atoms with Gasteiger partial charge in [-0.25, -0.2) is 0 Å². The average molecular weight is 352 g/mol. The zero-order valence-corrected chi connectivity index (χ0v) is 13.3. The van der Waals surface area contributed by atoms with Gasteiger partial charge in [-0.2, -0.15) is 0 Å². The zero-order chi connectivity index (χ0) is 18.7. The molecule has 130 valence electrons. The number of ketones is 3. The molecule has 0 fully saturated rings. The second-order valence-corrected chi connectivity index (χ2v) is 6.40. The van der Waals surface area contributed by atoms with Crippen molar-refractivity contribution in [3.05, 3.63) is 57.6 Å². The van der Waals surface area contributed by atoms with Crippen LogP contribution in [0.4, 0.5) is 0 Å². The molecule has 0 saturated heterocycles. The molecule has 26 heavy (non-hydrogen) atoms. The Hall–Kier alpha value is -3.48. The van der Waals surface area contributed by atoms with E-state index in [1.165, 1.54) is 18.2 Å². The Bertz CT molecular complexity index is 1050. The van der Waals surface area contributed by atoms with Crippen molar-refractivity contribution in [2.45, 2.75) is 12.8 Å². The molecular weight excluding hydrogens is 340 g/mol. The number of rotatable bonds is 1. The number of aromatic hydroxyl groups is 2. The molecule has 4 rings (SSSR count). The second-order valence-electron chi connectivity index (χ2n) is 6.40. The number of carboxylic acid groups (broad SMARTS) is 1. The molecule has 2 aliphatic carbocycles. The summed E-state index contributed by atoms with van der Waals surface area (Å²) in [6.07, 6.45) is -0.306. The fourth-order valence-electron chi connectivity index (χ4n) is 3.73. The van der Waals surface area contributed by atoms with Gasteiger partial charge in [0.1, 0.15) is 11.5 Å². The van der Waals surface area contributed by atoms with Crippen LogP contribution in [0.5, 0.6) is 11.5 Å². The third-order valence-corrected chi connectivity index (χ3v) is 4.88. The number of phenols is 2. The molecule has 1 atom stereocenters. The third kappa shape index (κ3) is 2.00. The molecule has 1 unspecified atom stereocenters. The van der Waals surface area contributed by atoms with Crippen molar-refractivity contribution in [1.82, 2.24) is 0 Å². The average Bonchev–Trinajstić information content (AvgIpc) is 2.58. The van der Waals surface area contributed by atoms with Crippen LogP contribution in [-0.2, 0) is 11.2 Å². The molecule has 2 aromatic rings. The third-order valence-electron chi connectivity index (χ3n) is 4.88. The van der Waals surface area contributed by atoms with E-state index in [4.69, 9.17) is 0 Å². The number of carbonyl (C=O) groups is 4. The van der Waals surface area contributed by atoms with Gasteiger partial charge in [-0.1, -0.05) is 12.1 Å². The molecule has 0 saturated carbocycles. The molecule has 0 bridgehead atoms. The Morgan fingerprint density at radius 1 is 0.885 bits per heavy atom. The van der Waals surface area contributed by atoms with Crippen LogP contribution in [0.25, 0.3) is 0 Å². The quantitative estimate of drug-likeness (QED) is 0.608. The summed E-state index contributed by atoms with van der Waals surface area (Å²) in [5.41, 5.74) is -0.588. The lowest BCUT2D eigenvalue weighted by Crippen LogP contribution is -2.31. The first-order chi connectivity index (χ1) is 12.3. The van der Waals surface area contributed by atoms with Crippen LogP contribution in [0.2, 0.25) is 0 Å². The van der Waals surface area contributed by atoms with E-state index in [1.807, 2.05) is 0 Å². The minimum atomic E-state index is -1.14. The summed E-state index contributed by atoms with van der Waals surface area (Å²) in [6.45, 7) is 0. The predicted molar refractivity (Wildman–Crippen MR) is 86.9 cm³/mol. The van der Waals surface area contributed by atoms with Gasteiger partial charge in [-0.3, -0.25) is 19.2 Å². The van der Waals surface area contributed by atoms with E-state index in [-0.39, 0.29) is 52.0 Å². The Labute approximate surface area is 146 Å². The van der Waals surface area contributed by atoms with Crippen molar-refractivity contribution in [3.63, 3.8) is 0 Å². The van der Waals surface area contributed by atoms with Crippen molar-refractivity contribution in [1.29, 1.82) is 0 Å². The first kappa shape index (κ1) is 16.0. The van der Waals surface area contributed by atoms with E-state index in [1.54, 1.807) is 0 Å². The smallest absolute Gasteiger partial charge is 0.307 e. The van der Waals surface area contributed by atoms with Gasteiger partial charge in [-0.15, -0.1) is 0 Å². The van der Waals surface area contributed by atoms with Crippen LogP contribution in [0.3, 0.4) is 0 Å². The first-order valence-corrected chi connectivity index (χ1v) is 7.87. The maximum Gasteiger partial charge on any atom is 0.307 e. The van der Waals surface area contributed by atoms with Crippen molar-refractivity contribution >= 4 is 23.3 Å². The number of fused-ring (bicyclic) bond motifs is 4. The lowest BCUT2D eigenvalue weighted by Gasteiger charge is -2.27. The van der Waals surface area contributed by atoms with E-state index in [9.17, 15) is 34.5 Å². The van der Waals surface area contributed by atoms with E-state index in [0.717, 1.165) is 6.07 Å². The van der Waals surface area contributed by atoms with Crippen LogP contribution >= 0.6 is 0 Å². The number of phenolic OH excluding ortho intramolecular Hbond substituents is 2. The maximum absolute atomic E-state index is 12.9. The van der Waals surface area contributed by atoms with Gasteiger partial charge >= 0.3 is 5.97 Å². The molecule has 7 nitrogen and oxygen atoms in total. The standard InChI is InChI=1S/C19H12O7/c20-10-3-1-2-9-14(10)18(24)15-12(22)5-7-4-8(19(25)26)6-11(21)13(7)16(15)17(9)23/h1-3,5,8,20,22H,4,6H2,(H,25,26). The minimum Gasteiger partial charge on any atom is -0.507 e. The van der Waals surface area contributed by atoms with Gasteiger partial charge in [0.05, 0.1) is 17.0 Å². The molecular formula is C19H12O7. The lowest BCUT2D eigenvalue weighted by molar-refractivity contribution is -0.141. The van der Waals surface area contributed by atoms with Crippen molar-refractivity contribution in [3.8, 4) is 11.5 Å². The Balaban J connectivity index is 2.02. The molecule has 0 amide bonds. The summed E-state index contributed by atoms with van der Waals surface area (Å²) in [7, 11) is 0. The summed E-state index contributed by atoms with van der Waals surface area (Å²) in [5.74, 6) is -4.94. The number of benzene rings is 2. The monoisotopic (exact) mass is 352 g/mol. The molecule has 0 spiro atoms. The SMILES string of the molecule is O=C1c2c(O)cccc2C(=O)c2c1c(O)cc1c2C(=O)CC(C(=O)O)C1. The van der Waals surface area contributed by atoms with E-state index < -0.39 is 35.0 Å². The predicted octanol–water partition coefficient (Wildman–Crippen LogP) is 1.70. The molecule has 0 aromatic heterocycles. The molecule has 3 N–H and O–H groups in total. The normalized spacial score (nSPS) is 18.2. The highest BCUT2D eigenvalue weighted by Crippen LogP contribution is 2.41. The first-order valence-electron chi connectivity index (χ1n) is 7.87. The summed E-state index contributed by atoms with van der Waals surface area (Å²) in [5, 5.41) is 29.5. The van der Waals surface area contributed by atoms with Gasteiger partial charge in [-0.05, 0) is 24.1 Å². The Morgan fingerprint density at radius 3 is 2.31 bits per heavy atom. The number of hydrogen-bond acceptors (Lipinski definition) is 6. The fourth-order valence-corrected chi connectivity index (χ4v) is 3.73. The van der Waals surface area contributed by atoms with Gasteiger partial charge in [0.25, 0.3) is 0 Å². The molecule has 2 aliphatic rings. The van der Waals surface area contributed by atoms with Crippen LogP contribution in [-0.4, -0.2) is 38.6 Å². The largest absolute Gasteiger partial charge is 0.507 e. The molecule has 2 aromatic carbocycles. The number of aliphatic carboxylic acids is 1.